The van der Waals surface area contributed by atoms with Crippen LogP contribution in [0, 0.1) is 0 Å². The van der Waals surface area contributed by atoms with Gasteiger partial charge in [-0.2, -0.15) is 5.10 Å². The first kappa shape index (κ1) is 16.5. The van der Waals surface area contributed by atoms with E-state index in [1.165, 1.54) is 11.3 Å². The fraction of sp³-hybridized carbons (Fsp3) is 0.824. The van der Waals surface area contributed by atoms with Gasteiger partial charge < -0.3 is 5.11 Å². The Hall–Kier alpha value is -0.870. The number of hydrogen-bond donors (Lipinski definition) is 1. The lowest BCUT2D eigenvalue weighted by Crippen LogP contribution is -2.51. The predicted molar refractivity (Wildman–Crippen MR) is 86.8 cm³/mol. The van der Waals surface area contributed by atoms with Gasteiger partial charge in [-0.25, -0.2) is 0 Å². The molecular weight excluding hydrogens is 262 g/mol. The van der Waals surface area contributed by atoms with Gasteiger partial charge in [0.1, 0.15) is 0 Å². The van der Waals surface area contributed by atoms with Crippen LogP contribution in [0.4, 0.5) is 0 Å². The summed E-state index contributed by atoms with van der Waals surface area (Å²) in [6.07, 6.45) is 1.80. The molecule has 0 amide bonds. The summed E-state index contributed by atoms with van der Waals surface area (Å²) < 4.78 is 2.24. The molecule has 1 fully saturated rings. The van der Waals surface area contributed by atoms with Gasteiger partial charge in [-0.15, -0.1) is 0 Å². The maximum atomic E-state index is 9.48. The molecular formula is C17H31N3O. The Morgan fingerprint density at radius 1 is 1.19 bits per heavy atom. The highest BCUT2D eigenvalue weighted by molar-refractivity contribution is 5.31. The van der Waals surface area contributed by atoms with E-state index < -0.39 is 0 Å². The number of aromatic nitrogens is 2. The van der Waals surface area contributed by atoms with E-state index >= 15 is 0 Å². The van der Waals surface area contributed by atoms with Crippen molar-refractivity contribution in [3.05, 3.63) is 17.5 Å². The highest BCUT2D eigenvalue weighted by Crippen LogP contribution is 2.36. The van der Waals surface area contributed by atoms with Crippen molar-refractivity contribution >= 4 is 0 Å². The first-order valence-electron chi connectivity index (χ1n) is 7.99. The third kappa shape index (κ3) is 3.49. The van der Waals surface area contributed by atoms with Gasteiger partial charge in [0.2, 0.25) is 0 Å². The molecule has 4 nitrogen and oxygen atoms in total. The van der Waals surface area contributed by atoms with Gasteiger partial charge in [0, 0.05) is 30.7 Å². The first-order chi connectivity index (χ1) is 9.50. The number of rotatable bonds is 3. The molecule has 21 heavy (non-hydrogen) atoms. The summed E-state index contributed by atoms with van der Waals surface area (Å²) in [6, 6.07) is 0.439. The number of aliphatic hydroxyl groups is 1. The van der Waals surface area contributed by atoms with Crippen LogP contribution in [-0.2, 0) is 10.8 Å². The van der Waals surface area contributed by atoms with Crippen molar-refractivity contribution in [2.24, 2.45) is 0 Å². The largest absolute Gasteiger partial charge is 0.392 e. The molecule has 0 aromatic carbocycles. The minimum Gasteiger partial charge on any atom is -0.392 e. The normalized spacial score (nSPS) is 19.6. The average molecular weight is 293 g/mol. The zero-order valence-electron chi connectivity index (χ0n) is 14.6. The van der Waals surface area contributed by atoms with Crippen molar-refractivity contribution in [1.29, 1.82) is 0 Å². The molecule has 1 aromatic rings. The molecule has 0 spiro atoms. The highest BCUT2D eigenvalue weighted by atomic mass is 16.3. The van der Waals surface area contributed by atoms with Gasteiger partial charge in [-0.1, -0.05) is 41.5 Å². The molecule has 0 aliphatic carbocycles. The molecule has 0 saturated carbocycles. The molecule has 0 radical (unpaired) electrons. The number of hydrogen-bond acceptors (Lipinski definition) is 3. The molecule has 4 heteroatoms. The molecule has 1 atom stereocenters. The van der Waals surface area contributed by atoms with Crippen molar-refractivity contribution in [2.75, 3.05) is 19.6 Å². The molecule has 0 unspecified atom stereocenters. The summed E-state index contributed by atoms with van der Waals surface area (Å²) >= 11 is 0. The van der Waals surface area contributed by atoms with Crippen LogP contribution in [0.25, 0.3) is 0 Å². The third-order valence-electron chi connectivity index (χ3n) is 4.12. The predicted octanol–water partition coefficient (Wildman–Crippen LogP) is 2.72. The number of β-amino-alcohol motifs (C(OH)–C–C–N with tert-alkyl or cyclic N) is 1. The molecule has 0 bridgehead atoms. The van der Waals surface area contributed by atoms with E-state index in [0.29, 0.717) is 6.04 Å². The summed E-state index contributed by atoms with van der Waals surface area (Å²) in [6.45, 7) is 18.1. The first-order valence-corrected chi connectivity index (χ1v) is 7.99. The minimum absolute atomic E-state index is 0.0871. The number of aliphatic hydroxyl groups excluding tert-OH is 1. The van der Waals surface area contributed by atoms with Crippen molar-refractivity contribution in [3.8, 4) is 0 Å². The standard InChI is InChI=1S/C17H31N3O/c1-12(21)9-19-10-13(11-19)20-15(17(5,6)7)14(8-18-20)16(2,3)4/h8,12-13,21H,9-11H2,1-7H3/t12-/m1/s1. The molecule has 1 aliphatic heterocycles. The molecule has 2 rings (SSSR count). The van der Waals surface area contributed by atoms with Crippen LogP contribution >= 0.6 is 0 Å². The van der Waals surface area contributed by atoms with Crippen LogP contribution in [-0.4, -0.2) is 45.5 Å². The van der Waals surface area contributed by atoms with Gasteiger partial charge >= 0.3 is 0 Å². The van der Waals surface area contributed by atoms with Crippen LogP contribution in [0.5, 0.6) is 0 Å². The zero-order chi connectivity index (χ0) is 16.0. The Bertz CT molecular complexity index is 485. The Morgan fingerprint density at radius 3 is 2.19 bits per heavy atom. The van der Waals surface area contributed by atoms with Crippen LogP contribution in [0.1, 0.15) is 65.8 Å². The lowest BCUT2D eigenvalue weighted by Gasteiger charge is -2.42. The fourth-order valence-electron chi connectivity index (χ4n) is 3.16. The molecule has 1 N–H and O–H groups in total. The summed E-state index contributed by atoms with van der Waals surface area (Å²) in [5, 5.41) is 14.2. The van der Waals surface area contributed by atoms with Crippen LogP contribution in [0.15, 0.2) is 6.20 Å². The van der Waals surface area contributed by atoms with Crippen LogP contribution < -0.4 is 0 Å². The summed E-state index contributed by atoms with van der Waals surface area (Å²) in [5.74, 6) is 0. The van der Waals surface area contributed by atoms with Crippen LogP contribution in [0.2, 0.25) is 0 Å². The maximum absolute atomic E-state index is 9.48. The SMILES string of the molecule is C[C@@H](O)CN1CC(n2ncc(C(C)(C)C)c2C(C)(C)C)C1. The Kier molecular flexibility index (Phi) is 4.24. The quantitative estimate of drug-likeness (QED) is 0.931. The van der Waals surface area contributed by atoms with Crippen molar-refractivity contribution in [2.45, 2.75) is 71.4 Å². The third-order valence-corrected chi connectivity index (χ3v) is 4.12. The fourth-order valence-corrected chi connectivity index (χ4v) is 3.16. The second kappa shape index (κ2) is 5.40. The van der Waals surface area contributed by atoms with Crippen LogP contribution in [0.3, 0.4) is 0 Å². The molecule has 2 heterocycles. The summed E-state index contributed by atoms with van der Waals surface area (Å²) in [4.78, 5) is 2.29. The maximum Gasteiger partial charge on any atom is 0.0776 e. The number of likely N-dealkylation sites (tertiary alicyclic amines) is 1. The van der Waals surface area contributed by atoms with E-state index in [1.807, 2.05) is 6.92 Å². The van der Waals surface area contributed by atoms with E-state index in [4.69, 9.17) is 5.10 Å². The van der Waals surface area contributed by atoms with E-state index in [2.05, 4.69) is 57.3 Å². The van der Waals surface area contributed by atoms with Gasteiger partial charge in [0.25, 0.3) is 0 Å². The van der Waals surface area contributed by atoms with E-state index in [9.17, 15) is 5.11 Å². The monoisotopic (exact) mass is 293 g/mol. The lowest BCUT2D eigenvalue weighted by molar-refractivity contribution is 0.0453. The van der Waals surface area contributed by atoms with E-state index in [-0.39, 0.29) is 16.9 Å². The van der Waals surface area contributed by atoms with E-state index in [0.717, 1.165) is 19.6 Å². The highest BCUT2D eigenvalue weighted by Gasteiger charge is 2.36. The summed E-state index contributed by atoms with van der Waals surface area (Å²) in [5.41, 5.74) is 2.91. The summed E-state index contributed by atoms with van der Waals surface area (Å²) in [7, 11) is 0. The van der Waals surface area contributed by atoms with Crippen molar-refractivity contribution in [3.63, 3.8) is 0 Å². The molecule has 1 aromatic heterocycles. The minimum atomic E-state index is -0.254. The second-order valence-corrected chi connectivity index (χ2v) is 8.57. The zero-order valence-corrected chi connectivity index (χ0v) is 14.6. The molecule has 1 aliphatic rings. The van der Waals surface area contributed by atoms with E-state index in [1.54, 1.807) is 0 Å². The Morgan fingerprint density at radius 2 is 1.76 bits per heavy atom. The number of nitrogens with zero attached hydrogens (tertiary/aromatic N) is 3. The van der Waals surface area contributed by atoms with Gasteiger partial charge in [0.05, 0.1) is 18.3 Å². The lowest BCUT2D eigenvalue weighted by atomic mass is 9.79. The molecule has 120 valence electrons. The second-order valence-electron chi connectivity index (χ2n) is 8.57. The smallest absolute Gasteiger partial charge is 0.0776 e. The Labute approximate surface area is 129 Å². The van der Waals surface area contributed by atoms with Crippen molar-refractivity contribution in [1.82, 2.24) is 14.7 Å². The molecule has 1 saturated heterocycles. The van der Waals surface area contributed by atoms with Gasteiger partial charge in [0.15, 0.2) is 0 Å². The van der Waals surface area contributed by atoms with Gasteiger partial charge in [-0.3, -0.25) is 9.58 Å². The van der Waals surface area contributed by atoms with Gasteiger partial charge in [-0.05, 0) is 17.9 Å². The average Bonchev–Trinajstić information content (AvgIpc) is 2.65. The van der Waals surface area contributed by atoms with Crippen molar-refractivity contribution < 1.29 is 5.11 Å². The Balaban J connectivity index is 2.24. The topological polar surface area (TPSA) is 41.3 Å².